The van der Waals surface area contributed by atoms with Crippen LogP contribution in [-0.4, -0.2) is 45.1 Å². The van der Waals surface area contributed by atoms with E-state index >= 15 is 0 Å². The second-order valence-corrected chi connectivity index (χ2v) is 7.51. The first kappa shape index (κ1) is 16.8. The highest BCUT2D eigenvalue weighted by Gasteiger charge is 2.29. The van der Waals surface area contributed by atoms with Crippen LogP contribution in [0.1, 0.15) is 18.4 Å². The van der Waals surface area contributed by atoms with E-state index in [2.05, 4.69) is 5.32 Å². The molecule has 0 aromatic heterocycles. The zero-order valence-electron chi connectivity index (χ0n) is 12.9. The van der Waals surface area contributed by atoms with Crippen LogP contribution in [0.2, 0.25) is 0 Å². The molecule has 0 bridgehead atoms. The van der Waals surface area contributed by atoms with Crippen molar-refractivity contribution >= 4 is 15.9 Å². The number of sulfonamides is 1. The summed E-state index contributed by atoms with van der Waals surface area (Å²) in [7, 11) is -1.63. The molecule has 6 nitrogen and oxygen atoms in total. The SMILES string of the molecule is COc1cccc(CNC(=O)C2CCCN(S(C)(=O)=O)C2)c1. The number of carbonyl (C=O) groups excluding carboxylic acids is 1. The highest BCUT2D eigenvalue weighted by atomic mass is 32.2. The van der Waals surface area contributed by atoms with Gasteiger partial charge in [-0.1, -0.05) is 12.1 Å². The number of methoxy groups -OCH3 is 1. The maximum absolute atomic E-state index is 12.2. The largest absolute Gasteiger partial charge is 0.497 e. The summed E-state index contributed by atoms with van der Waals surface area (Å²) < 4.78 is 29.7. The van der Waals surface area contributed by atoms with Crippen LogP contribution in [0.5, 0.6) is 5.75 Å². The van der Waals surface area contributed by atoms with Gasteiger partial charge in [0, 0.05) is 19.6 Å². The molecule has 122 valence electrons. The fourth-order valence-electron chi connectivity index (χ4n) is 2.57. The monoisotopic (exact) mass is 326 g/mol. The quantitative estimate of drug-likeness (QED) is 0.875. The van der Waals surface area contributed by atoms with Crippen LogP contribution in [0.3, 0.4) is 0 Å². The fraction of sp³-hybridized carbons (Fsp3) is 0.533. The maximum atomic E-state index is 12.2. The Kier molecular flexibility index (Phi) is 5.42. The van der Waals surface area contributed by atoms with E-state index in [0.29, 0.717) is 19.5 Å². The van der Waals surface area contributed by atoms with Crippen LogP contribution in [-0.2, 0) is 21.4 Å². The third-order valence-electron chi connectivity index (χ3n) is 3.82. The van der Waals surface area contributed by atoms with Crippen LogP contribution in [0.15, 0.2) is 24.3 Å². The molecule has 0 saturated carbocycles. The topological polar surface area (TPSA) is 75.7 Å². The number of hydrogen-bond acceptors (Lipinski definition) is 4. The Morgan fingerprint density at radius 1 is 1.45 bits per heavy atom. The first-order chi connectivity index (χ1) is 10.4. The Balaban J connectivity index is 1.91. The van der Waals surface area contributed by atoms with Crippen molar-refractivity contribution in [3.63, 3.8) is 0 Å². The maximum Gasteiger partial charge on any atom is 0.224 e. The van der Waals surface area contributed by atoms with Crippen LogP contribution >= 0.6 is 0 Å². The van der Waals surface area contributed by atoms with Gasteiger partial charge in [0.1, 0.15) is 5.75 Å². The molecule has 0 aliphatic carbocycles. The van der Waals surface area contributed by atoms with Gasteiger partial charge in [-0.15, -0.1) is 0 Å². The summed E-state index contributed by atoms with van der Waals surface area (Å²) in [5.41, 5.74) is 0.948. The van der Waals surface area contributed by atoms with E-state index < -0.39 is 10.0 Å². The standard InChI is InChI=1S/C15H22N2O4S/c1-21-14-7-3-5-12(9-14)10-16-15(18)13-6-4-8-17(11-13)22(2,19)20/h3,5,7,9,13H,4,6,8,10-11H2,1-2H3,(H,16,18). The predicted molar refractivity (Wildman–Crippen MR) is 84.0 cm³/mol. The molecule has 1 fully saturated rings. The lowest BCUT2D eigenvalue weighted by Gasteiger charge is -2.30. The lowest BCUT2D eigenvalue weighted by Crippen LogP contribution is -2.44. The summed E-state index contributed by atoms with van der Waals surface area (Å²) in [6.07, 6.45) is 2.61. The molecule has 1 amide bonds. The number of benzene rings is 1. The van der Waals surface area contributed by atoms with Gasteiger partial charge in [-0.3, -0.25) is 4.79 Å². The summed E-state index contributed by atoms with van der Waals surface area (Å²) in [5, 5.41) is 2.88. The van der Waals surface area contributed by atoms with E-state index in [9.17, 15) is 13.2 Å². The predicted octanol–water partition coefficient (Wildman–Crippen LogP) is 0.983. The third kappa shape index (κ3) is 4.45. The lowest BCUT2D eigenvalue weighted by molar-refractivity contribution is -0.126. The normalized spacial score (nSPS) is 19.6. The molecule has 1 unspecified atom stereocenters. The van der Waals surface area contributed by atoms with E-state index in [1.165, 1.54) is 10.6 Å². The smallest absolute Gasteiger partial charge is 0.224 e. The molecule has 1 N–H and O–H groups in total. The molecule has 0 radical (unpaired) electrons. The highest BCUT2D eigenvalue weighted by molar-refractivity contribution is 7.88. The first-order valence-corrected chi connectivity index (χ1v) is 9.11. The fourth-order valence-corrected chi connectivity index (χ4v) is 3.49. The third-order valence-corrected chi connectivity index (χ3v) is 5.09. The molecule has 0 spiro atoms. The molecule has 7 heteroatoms. The Labute approximate surface area is 131 Å². The minimum Gasteiger partial charge on any atom is -0.497 e. The van der Waals surface area contributed by atoms with Crippen molar-refractivity contribution in [2.75, 3.05) is 26.5 Å². The number of nitrogens with zero attached hydrogens (tertiary/aromatic N) is 1. The molecule has 1 saturated heterocycles. The van der Waals surface area contributed by atoms with Crippen LogP contribution < -0.4 is 10.1 Å². The second-order valence-electron chi connectivity index (χ2n) is 5.53. The van der Waals surface area contributed by atoms with Crippen molar-refractivity contribution in [1.82, 2.24) is 9.62 Å². The Bertz CT molecular complexity index is 630. The van der Waals surface area contributed by atoms with Gasteiger partial charge < -0.3 is 10.1 Å². The molecule has 1 aliphatic rings. The second kappa shape index (κ2) is 7.11. The first-order valence-electron chi connectivity index (χ1n) is 7.26. The summed E-state index contributed by atoms with van der Waals surface area (Å²) in [5.74, 6) is 0.359. The van der Waals surface area contributed by atoms with E-state index in [4.69, 9.17) is 4.74 Å². The molecular formula is C15H22N2O4S. The van der Waals surface area contributed by atoms with Crippen LogP contribution in [0, 0.1) is 5.92 Å². The molecule has 1 heterocycles. The Morgan fingerprint density at radius 3 is 2.91 bits per heavy atom. The van der Waals surface area contributed by atoms with E-state index in [0.717, 1.165) is 17.7 Å². The summed E-state index contributed by atoms with van der Waals surface area (Å²) in [4.78, 5) is 12.2. The number of hydrogen-bond donors (Lipinski definition) is 1. The van der Waals surface area contributed by atoms with Gasteiger partial charge in [0.2, 0.25) is 15.9 Å². The summed E-state index contributed by atoms with van der Waals surface area (Å²) in [6.45, 7) is 1.17. The number of carbonyl (C=O) groups is 1. The number of nitrogens with one attached hydrogen (secondary N) is 1. The van der Waals surface area contributed by atoms with Crippen molar-refractivity contribution in [3.05, 3.63) is 29.8 Å². The van der Waals surface area contributed by atoms with Gasteiger partial charge in [-0.2, -0.15) is 0 Å². The number of piperidine rings is 1. The molecule has 22 heavy (non-hydrogen) atoms. The lowest BCUT2D eigenvalue weighted by atomic mass is 9.99. The average Bonchev–Trinajstić information content (AvgIpc) is 2.52. The van der Waals surface area contributed by atoms with Gasteiger partial charge in [-0.05, 0) is 30.5 Å². The average molecular weight is 326 g/mol. The van der Waals surface area contributed by atoms with E-state index in [1.807, 2.05) is 24.3 Å². The summed E-state index contributed by atoms with van der Waals surface area (Å²) >= 11 is 0. The minimum atomic E-state index is -3.23. The van der Waals surface area contributed by atoms with Gasteiger partial charge in [-0.25, -0.2) is 12.7 Å². The Hall–Kier alpha value is -1.60. The number of amides is 1. The molecule has 1 aromatic rings. The van der Waals surface area contributed by atoms with E-state index in [-0.39, 0.29) is 18.4 Å². The minimum absolute atomic E-state index is 0.101. The van der Waals surface area contributed by atoms with Gasteiger partial charge in [0.05, 0.1) is 19.3 Å². The van der Waals surface area contributed by atoms with Crippen molar-refractivity contribution < 1.29 is 17.9 Å². The summed E-state index contributed by atoms with van der Waals surface area (Å²) in [6, 6.07) is 7.49. The van der Waals surface area contributed by atoms with Crippen molar-refractivity contribution in [2.24, 2.45) is 5.92 Å². The molecule has 1 aromatic carbocycles. The molecule has 1 atom stereocenters. The number of ether oxygens (including phenoxy) is 1. The zero-order chi connectivity index (χ0) is 16.2. The van der Waals surface area contributed by atoms with E-state index in [1.54, 1.807) is 7.11 Å². The van der Waals surface area contributed by atoms with Crippen molar-refractivity contribution in [3.8, 4) is 5.75 Å². The molecular weight excluding hydrogens is 304 g/mol. The van der Waals surface area contributed by atoms with Gasteiger partial charge in [0.15, 0.2) is 0 Å². The van der Waals surface area contributed by atoms with Crippen LogP contribution in [0.25, 0.3) is 0 Å². The van der Waals surface area contributed by atoms with Gasteiger partial charge >= 0.3 is 0 Å². The number of rotatable bonds is 5. The molecule has 2 rings (SSSR count). The van der Waals surface area contributed by atoms with Crippen LogP contribution in [0.4, 0.5) is 0 Å². The van der Waals surface area contributed by atoms with Crippen molar-refractivity contribution in [1.29, 1.82) is 0 Å². The highest BCUT2D eigenvalue weighted by Crippen LogP contribution is 2.19. The molecule has 1 aliphatic heterocycles. The zero-order valence-corrected chi connectivity index (χ0v) is 13.7. The Morgan fingerprint density at radius 2 is 2.23 bits per heavy atom. The van der Waals surface area contributed by atoms with Gasteiger partial charge in [0.25, 0.3) is 0 Å². The van der Waals surface area contributed by atoms with Crippen molar-refractivity contribution in [2.45, 2.75) is 19.4 Å².